The first-order valence-corrected chi connectivity index (χ1v) is 10.1. The smallest absolute Gasteiger partial charge is 0.407 e. The molecule has 2 fully saturated rings. The molecule has 2 aromatic heterocycles. The number of nitrogens with one attached hydrogen (secondary N) is 1. The Kier molecular flexibility index (Phi) is 4.97. The highest BCUT2D eigenvalue weighted by Gasteiger charge is 2.49. The van der Waals surface area contributed by atoms with Crippen molar-refractivity contribution in [1.82, 2.24) is 19.7 Å². The van der Waals surface area contributed by atoms with E-state index in [0.717, 1.165) is 25.3 Å². The minimum absolute atomic E-state index is 0.102. The molecule has 1 N–H and O–H groups in total. The summed E-state index contributed by atoms with van der Waals surface area (Å²) in [5, 5.41) is 3.12. The Morgan fingerprint density at radius 1 is 1.41 bits per heavy atom. The zero-order valence-electron chi connectivity index (χ0n) is 17.5. The summed E-state index contributed by atoms with van der Waals surface area (Å²) in [6.07, 6.45) is 6.79. The summed E-state index contributed by atoms with van der Waals surface area (Å²) in [7, 11) is 6.01. The highest BCUT2D eigenvalue weighted by Crippen LogP contribution is 2.42. The molecular formula is C20H28BN5O3. The number of nitrogens with zero attached hydrogens (tertiary/aromatic N) is 4. The van der Waals surface area contributed by atoms with Gasteiger partial charge < -0.3 is 19.7 Å². The monoisotopic (exact) mass is 397 g/mol. The van der Waals surface area contributed by atoms with Crippen LogP contribution in [0.25, 0.3) is 5.65 Å². The third kappa shape index (κ3) is 3.92. The van der Waals surface area contributed by atoms with E-state index < -0.39 is 11.7 Å². The number of aromatic nitrogens is 3. The third-order valence-corrected chi connectivity index (χ3v) is 5.78. The number of piperidine rings is 1. The first kappa shape index (κ1) is 20.0. The Bertz CT molecular complexity index is 911. The highest BCUT2D eigenvalue weighted by molar-refractivity contribution is 6.36. The van der Waals surface area contributed by atoms with E-state index in [1.165, 1.54) is 0 Å². The lowest BCUT2D eigenvalue weighted by atomic mass is 9.73. The van der Waals surface area contributed by atoms with Gasteiger partial charge in [-0.25, -0.2) is 14.8 Å². The topological polar surface area (TPSA) is 81.0 Å². The molecule has 2 unspecified atom stereocenters. The van der Waals surface area contributed by atoms with Gasteiger partial charge in [-0.3, -0.25) is 4.40 Å². The second-order valence-electron chi connectivity index (χ2n) is 9.22. The summed E-state index contributed by atoms with van der Waals surface area (Å²) in [4.78, 5) is 23.6. The maximum Gasteiger partial charge on any atom is 0.407 e. The molecule has 4 heterocycles. The second-order valence-corrected chi connectivity index (χ2v) is 9.22. The molecule has 8 nitrogen and oxygen atoms in total. The Hall–Kier alpha value is -2.29. The van der Waals surface area contributed by atoms with Crippen LogP contribution in [0.2, 0.25) is 0 Å². The van der Waals surface area contributed by atoms with Crippen molar-refractivity contribution in [1.29, 1.82) is 0 Å². The molecule has 1 amide bonds. The number of fused-ring (bicyclic) bond motifs is 1. The van der Waals surface area contributed by atoms with Crippen LogP contribution in [-0.2, 0) is 9.47 Å². The van der Waals surface area contributed by atoms with Crippen LogP contribution < -0.4 is 15.7 Å². The van der Waals surface area contributed by atoms with Gasteiger partial charge in [-0.2, -0.15) is 0 Å². The van der Waals surface area contributed by atoms with E-state index >= 15 is 0 Å². The number of hydrogen-bond donors (Lipinski definition) is 1. The van der Waals surface area contributed by atoms with E-state index in [2.05, 4.69) is 27.1 Å². The first-order valence-electron chi connectivity index (χ1n) is 10.1. The molecule has 29 heavy (non-hydrogen) atoms. The predicted octanol–water partition coefficient (Wildman–Crippen LogP) is 1.42. The van der Waals surface area contributed by atoms with E-state index in [1.54, 1.807) is 12.4 Å². The molecule has 154 valence electrons. The molecule has 4 rings (SSSR count). The van der Waals surface area contributed by atoms with Gasteiger partial charge in [-0.05, 0) is 46.0 Å². The summed E-state index contributed by atoms with van der Waals surface area (Å²) in [6, 6.07) is -0.117. The van der Waals surface area contributed by atoms with Gasteiger partial charge in [-0.15, -0.1) is 0 Å². The standard InChI is InChI=1S/C20H28BN5O3/c1-13-9-20(12-28-13)5-7-25(11-15(20)24-18(27)29-19(2,3)4)17-23-10-14(21)16-22-6-8-26(16)17/h6,8,10,13,15H,5,7,9,11-12H2,1-4H3,(H,24,27)/t13-,15?,20?/m0/s1. The highest BCUT2D eigenvalue weighted by atomic mass is 16.6. The molecule has 3 atom stereocenters. The average Bonchev–Trinajstić information content (AvgIpc) is 3.24. The van der Waals surface area contributed by atoms with Crippen molar-refractivity contribution < 1.29 is 14.3 Å². The van der Waals surface area contributed by atoms with Crippen molar-refractivity contribution >= 4 is 31.0 Å². The Labute approximate surface area is 172 Å². The number of alkyl carbamates (subject to hydrolysis) is 1. The molecule has 2 radical (unpaired) electrons. The van der Waals surface area contributed by atoms with Crippen LogP contribution in [0.5, 0.6) is 0 Å². The minimum Gasteiger partial charge on any atom is -0.444 e. The van der Waals surface area contributed by atoms with Crippen LogP contribution in [0, 0.1) is 5.41 Å². The normalized spacial score (nSPS) is 27.5. The largest absolute Gasteiger partial charge is 0.444 e. The number of carbonyl (C=O) groups is 1. The average molecular weight is 397 g/mol. The van der Waals surface area contributed by atoms with Gasteiger partial charge in [0.05, 0.1) is 18.8 Å². The number of ether oxygens (including phenoxy) is 2. The molecule has 0 saturated carbocycles. The van der Waals surface area contributed by atoms with Crippen molar-refractivity contribution in [3.63, 3.8) is 0 Å². The lowest BCUT2D eigenvalue weighted by Gasteiger charge is -2.45. The van der Waals surface area contributed by atoms with Gasteiger partial charge in [-0.1, -0.05) is 0 Å². The fraction of sp³-hybridized carbons (Fsp3) is 0.650. The molecule has 2 aliphatic rings. The van der Waals surface area contributed by atoms with Gasteiger partial charge >= 0.3 is 6.09 Å². The number of carbonyl (C=O) groups excluding carboxylic acids is 1. The molecule has 2 aromatic rings. The van der Waals surface area contributed by atoms with Gasteiger partial charge in [0.15, 0.2) is 0 Å². The van der Waals surface area contributed by atoms with Gasteiger partial charge in [0.1, 0.15) is 19.1 Å². The van der Waals surface area contributed by atoms with Crippen LogP contribution in [0.1, 0.15) is 40.5 Å². The number of imidazole rings is 1. The van der Waals surface area contributed by atoms with E-state index in [0.29, 0.717) is 24.3 Å². The van der Waals surface area contributed by atoms with E-state index in [4.69, 9.17) is 17.3 Å². The van der Waals surface area contributed by atoms with Crippen molar-refractivity contribution in [2.75, 3.05) is 24.6 Å². The predicted molar refractivity (Wildman–Crippen MR) is 111 cm³/mol. The second kappa shape index (κ2) is 7.20. The number of amides is 1. The fourth-order valence-electron chi connectivity index (χ4n) is 4.44. The van der Waals surface area contributed by atoms with E-state index in [1.807, 2.05) is 31.4 Å². The van der Waals surface area contributed by atoms with Crippen molar-refractivity contribution in [3.8, 4) is 0 Å². The van der Waals surface area contributed by atoms with E-state index in [-0.39, 0.29) is 17.6 Å². The number of anilines is 1. The quantitative estimate of drug-likeness (QED) is 0.773. The zero-order valence-corrected chi connectivity index (χ0v) is 17.5. The number of hydrogen-bond acceptors (Lipinski definition) is 6. The lowest BCUT2D eigenvalue weighted by Crippen LogP contribution is -2.60. The van der Waals surface area contributed by atoms with Crippen LogP contribution in [0.3, 0.4) is 0 Å². The molecule has 0 aromatic carbocycles. The third-order valence-electron chi connectivity index (χ3n) is 5.78. The first-order chi connectivity index (χ1) is 13.7. The zero-order chi connectivity index (χ0) is 20.8. The molecule has 0 aliphatic carbocycles. The summed E-state index contributed by atoms with van der Waals surface area (Å²) in [5.74, 6) is 0.768. The lowest BCUT2D eigenvalue weighted by molar-refractivity contribution is 0.0385. The van der Waals surface area contributed by atoms with Gasteiger partial charge in [0.2, 0.25) is 5.95 Å². The molecular weight excluding hydrogens is 369 g/mol. The Morgan fingerprint density at radius 3 is 2.90 bits per heavy atom. The van der Waals surface area contributed by atoms with Crippen molar-refractivity contribution in [2.24, 2.45) is 5.41 Å². The van der Waals surface area contributed by atoms with Crippen LogP contribution in [-0.4, -0.2) is 65.8 Å². The molecule has 1 spiro atoms. The van der Waals surface area contributed by atoms with E-state index in [9.17, 15) is 4.79 Å². The van der Waals surface area contributed by atoms with Gasteiger partial charge in [0.25, 0.3) is 0 Å². The molecule has 2 saturated heterocycles. The summed E-state index contributed by atoms with van der Waals surface area (Å²) in [6.45, 7) is 9.74. The van der Waals surface area contributed by atoms with Crippen molar-refractivity contribution in [3.05, 3.63) is 18.6 Å². The SMILES string of the molecule is [B]c1cnc(N2CCC3(CO[C@@H](C)C3)C(NC(=O)OC(C)(C)C)C2)n2ccnc12. The molecule has 9 heteroatoms. The van der Waals surface area contributed by atoms with Gasteiger partial charge in [0, 0.05) is 37.1 Å². The van der Waals surface area contributed by atoms with Crippen LogP contribution in [0.15, 0.2) is 18.6 Å². The molecule has 0 bridgehead atoms. The summed E-state index contributed by atoms with van der Waals surface area (Å²) < 4.78 is 13.3. The number of rotatable bonds is 2. The maximum absolute atomic E-state index is 12.6. The maximum atomic E-state index is 12.6. The van der Waals surface area contributed by atoms with Crippen molar-refractivity contribution in [2.45, 2.75) is 58.3 Å². The molecule has 2 aliphatic heterocycles. The Morgan fingerprint density at radius 2 is 2.21 bits per heavy atom. The Balaban J connectivity index is 1.60. The summed E-state index contributed by atoms with van der Waals surface area (Å²) in [5.41, 5.74) is 0.569. The fourth-order valence-corrected chi connectivity index (χ4v) is 4.44. The minimum atomic E-state index is -0.549. The van der Waals surface area contributed by atoms with Crippen LogP contribution >= 0.6 is 0 Å². The van der Waals surface area contributed by atoms with Crippen LogP contribution in [0.4, 0.5) is 10.7 Å². The summed E-state index contributed by atoms with van der Waals surface area (Å²) >= 11 is 0.